The number of benzene rings is 1. The highest BCUT2D eigenvalue weighted by molar-refractivity contribution is 5.19. The van der Waals surface area contributed by atoms with Gasteiger partial charge in [0.15, 0.2) is 11.6 Å². The van der Waals surface area contributed by atoms with Gasteiger partial charge < -0.3 is 9.26 Å². The van der Waals surface area contributed by atoms with Crippen LogP contribution in [0.5, 0.6) is 0 Å². The van der Waals surface area contributed by atoms with E-state index in [9.17, 15) is 8.78 Å². The molecule has 7 heteroatoms. The summed E-state index contributed by atoms with van der Waals surface area (Å²) in [4.78, 5) is 6.13. The van der Waals surface area contributed by atoms with Crippen LogP contribution >= 0.6 is 0 Å². The van der Waals surface area contributed by atoms with Crippen LogP contribution in [-0.2, 0) is 11.3 Å². The van der Waals surface area contributed by atoms with E-state index in [4.69, 9.17) is 9.26 Å². The fraction of sp³-hybridized carbons (Fsp3) is 0.429. The zero-order chi connectivity index (χ0) is 14.8. The van der Waals surface area contributed by atoms with Crippen molar-refractivity contribution in [3.63, 3.8) is 0 Å². The first-order valence-electron chi connectivity index (χ1n) is 6.70. The summed E-state index contributed by atoms with van der Waals surface area (Å²) in [6.07, 6.45) is -0.312. The Labute approximate surface area is 120 Å². The van der Waals surface area contributed by atoms with Crippen molar-refractivity contribution in [2.75, 3.05) is 19.7 Å². The second-order valence-corrected chi connectivity index (χ2v) is 4.98. The Bertz CT molecular complexity index is 632. The highest BCUT2D eigenvalue weighted by Crippen LogP contribution is 2.22. The largest absolute Gasteiger partial charge is 0.367 e. The van der Waals surface area contributed by atoms with Gasteiger partial charge in [-0.1, -0.05) is 17.3 Å². The van der Waals surface area contributed by atoms with Crippen LogP contribution in [0.4, 0.5) is 8.78 Å². The molecule has 3 rings (SSSR count). The highest BCUT2D eigenvalue weighted by atomic mass is 19.2. The summed E-state index contributed by atoms with van der Waals surface area (Å²) in [5.41, 5.74) is 0.333. The van der Waals surface area contributed by atoms with E-state index in [0.717, 1.165) is 6.07 Å². The van der Waals surface area contributed by atoms with Gasteiger partial charge in [-0.3, -0.25) is 4.90 Å². The standard InChI is InChI=1S/C14H15F2N3O2/c1-9-17-14(18-21-9)12-8-19(5-6-20-12)7-10-3-2-4-11(15)13(10)16/h2-4,12H,5-8H2,1H3. The van der Waals surface area contributed by atoms with E-state index < -0.39 is 11.6 Å². The van der Waals surface area contributed by atoms with Crippen molar-refractivity contribution in [1.29, 1.82) is 0 Å². The van der Waals surface area contributed by atoms with Crippen LogP contribution < -0.4 is 0 Å². The molecule has 1 saturated heterocycles. The third kappa shape index (κ3) is 3.08. The van der Waals surface area contributed by atoms with Crippen LogP contribution in [0.25, 0.3) is 0 Å². The van der Waals surface area contributed by atoms with Crippen LogP contribution in [-0.4, -0.2) is 34.7 Å². The predicted octanol–water partition coefficient (Wildman–Crippen LogP) is 2.23. The Kier molecular flexibility index (Phi) is 3.94. The summed E-state index contributed by atoms with van der Waals surface area (Å²) in [7, 11) is 0. The molecule has 5 nitrogen and oxygen atoms in total. The lowest BCUT2D eigenvalue weighted by Crippen LogP contribution is -2.38. The molecule has 1 aliphatic rings. The monoisotopic (exact) mass is 295 g/mol. The van der Waals surface area contributed by atoms with E-state index in [1.807, 2.05) is 4.90 Å². The molecule has 1 atom stereocenters. The molecular weight excluding hydrogens is 280 g/mol. The first kappa shape index (κ1) is 14.1. The molecule has 0 bridgehead atoms. The molecule has 1 aliphatic heterocycles. The number of ether oxygens (including phenoxy) is 1. The minimum Gasteiger partial charge on any atom is -0.367 e. The van der Waals surface area contributed by atoms with E-state index in [0.29, 0.717) is 43.5 Å². The number of hydrogen-bond donors (Lipinski definition) is 0. The summed E-state index contributed by atoms with van der Waals surface area (Å²) in [6, 6.07) is 4.21. The second kappa shape index (κ2) is 5.87. The first-order valence-corrected chi connectivity index (χ1v) is 6.70. The maximum absolute atomic E-state index is 13.7. The average molecular weight is 295 g/mol. The average Bonchev–Trinajstić information content (AvgIpc) is 2.91. The predicted molar refractivity (Wildman–Crippen MR) is 69.4 cm³/mol. The van der Waals surface area contributed by atoms with Crippen LogP contribution in [0, 0.1) is 18.6 Å². The van der Waals surface area contributed by atoms with Gasteiger partial charge in [-0.05, 0) is 6.07 Å². The van der Waals surface area contributed by atoms with Gasteiger partial charge in [-0.15, -0.1) is 0 Å². The van der Waals surface area contributed by atoms with Crippen molar-refractivity contribution in [2.45, 2.75) is 19.6 Å². The lowest BCUT2D eigenvalue weighted by Gasteiger charge is -2.31. The molecule has 0 N–H and O–H groups in total. The normalized spacial score (nSPS) is 19.9. The number of aryl methyl sites for hydroxylation is 1. The van der Waals surface area contributed by atoms with Gasteiger partial charge in [0.05, 0.1) is 6.61 Å². The van der Waals surface area contributed by atoms with Crippen molar-refractivity contribution in [2.24, 2.45) is 0 Å². The van der Waals surface area contributed by atoms with Crippen LogP contribution in [0.1, 0.15) is 23.4 Å². The Morgan fingerprint density at radius 3 is 3.00 bits per heavy atom. The van der Waals surface area contributed by atoms with Gasteiger partial charge >= 0.3 is 0 Å². The molecule has 1 aromatic heterocycles. The Balaban J connectivity index is 1.70. The zero-order valence-electron chi connectivity index (χ0n) is 11.6. The number of halogens is 2. The van der Waals surface area contributed by atoms with Crippen LogP contribution in [0.15, 0.2) is 22.7 Å². The maximum Gasteiger partial charge on any atom is 0.223 e. The molecule has 1 fully saturated rings. The van der Waals surface area contributed by atoms with Crippen molar-refractivity contribution < 1.29 is 18.0 Å². The summed E-state index contributed by atoms with van der Waals surface area (Å²) in [5, 5.41) is 3.84. The molecule has 2 aromatic rings. The highest BCUT2D eigenvalue weighted by Gasteiger charge is 2.26. The number of rotatable bonds is 3. The molecule has 0 amide bonds. The van der Waals surface area contributed by atoms with Crippen molar-refractivity contribution in [1.82, 2.24) is 15.0 Å². The Morgan fingerprint density at radius 2 is 2.24 bits per heavy atom. The molecule has 0 radical (unpaired) electrons. The smallest absolute Gasteiger partial charge is 0.223 e. The number of hydrogen-bond acceptors (Lipinski definition) is 5. The molecule has 112 valence electrons. The molecule has 0 aliphatic carbocycles. The zero-order valence-corrected chi connectivity index (χ0v) is 11.6. The van der Waals surface area contributed by atoms with E-state index in [1.54, 1.807) is 13.0 Å². The van der Waals surface area contributed by atoms with Gasteiger partial charge in [0.25, 0.3) is 0 Å². The summed E-state index contributed by atoms with van der Waals surface area (Å²) >= 11 is 0. The molecule has 0 spiro atoms. The van der Waals surface area contributed by atoms with E-state index in [-0.39, 0.29) is 6.10 Å². The molecule has 21 heavy (non-hydrogen) atoms. The lowest BCUT2D eigenvalue weighted by atomic mass is 10.1. The van der Waals surface area contributed by atoms with Gasteiger partial charge in [-0.25, -0.2) is 8.78 Å². The third-order valence-corrected chi connectivity index (χ3v) is 3.41. The van der Waals surface area contributed by atoms with Crippen molar-refractivity contribution in [3.8, 4) is 0 Å². The summed E-state index contributed by atoms with van der Waals surface area (Å²) in [5.74, 6) is -0.666. The maximum atomic E-state index is 13.7. The SMILES string of the molecule is Cc1nc(C2CN(Cc3cccc(F)c3F)CCO2)no1. The Morgan fingerprint density at radius 1 is 1.38 bits per heavy atom. The lowest BCUT2D eigenvalue weighted by molar-refractivity contribution is -0.0383. The fourth-order valence-corrected chi connectivity index (χ4v) is 2.36. The van der Waals surface area contributed by atoms with Crippen molar-refractivity contribution >= 4 is 0 Å². The first-order chi connectivity index (χ1) is 10.1. The minimum absolute atomic E-state index is 0.312. The molecule has 1 aromatic carbocycles. The second-order valence-electron chi connectivity index (χ2n) is 4.98. The van der Waals surface area contributed by atoms with E-state index >= 15 is 0 Å². The molecular formula is C14H15F2N3O2. The van der Waals surface area contributed by atoms with E-state index in [1.165, 1.54) is 6.07 Å². The van der Waals surface area contributed by atoms with Crippen molar-refractivity contribution in [3.05, 3.63) is 47.1 Å². The summed E-state index contributed by atoms with van der Waals surface area (Å²) < 4.78 is 37.5. The number of morpholine rings is 1. The minimum atomic E-state index is -0.828. The van der Waals surface area contributed by atoms with Gasteiger partial charge in [0.2, 0.25) is 11.7 Å². The summed E-state index contributed by atoms with van der Waals surface area (Å²) in [6.45, 7) is 3.66. The van der Waals surface area contributed by atoms with Crippen LogP contribution in [0.3, 0.4) is 0 Å². The van der Waals surface area contributed by atoms with Gasteiger partial charge in [0.1, 0.15) is 6.10 Å². The quantitative estimate of drug-likeness (QED) is 0.869. The van der Waals surface area contributed by atoms with Gasteiger partial charge in [0, 0.05) is 32.1 Å². The molecule has 1 unspecified atom stereocenters. The Hall–Kier alpha value is -1.86. The van der Waals surface area contributed by atoms with Gasteiger partial charge in [-0.2, -0.15) is 4.98 Å². The fourth-order valence-electron chi connectivity index (χ4n) is 2.36. The molecule has 0 saturated carbocycles. The third-order valence-electron chi connectivity index (χ3n) is 3.41. The van der Waals surface area contributed by atoms with Crippen LogP contribution in [0.2, 0.25) is 0 Å². The van der Waals surface area contributed by atoms with E-state index in [2.05, 4.69) is 10.1 Å². The number of nitrogens with zero attached hydrogens (tertiary/aromatic N) is 3. The molecule has 2 heterocycles. The topological polar surface area (TPSA) is 51.4 Å². The number of aromatic nitrogens is 2.